The monoisotopic (exact) mass is 1000 g/mol. The summed E-state index contributed by atoms with van der Waals surface area (Å²) in [6.45, 7) is 10.4. The fourth-order valence-electron chi connectivity index (χ4n) is 6.75. The summed E-state index contributed by atoms with van der Waals surface area (Å²) in [5, 5.41) is 12.5. The van der Waals surface area contributed by atoms with Crippen LogP contribution in [0.5, 0.6) is 11.5 Å². The molecule has 14 nitrogen and oxygen atoms in total. The smallest absolute Gasteiger partial charge is 0.259 e. The second kappa shape index (κ2) is 22.1. The van der Waals surface area contributed by atoms with Crippen molar-refractivity contribution in [3.8, 4) is 11.5 Å². The lowest BCUT2D eigenvalue weighted by molar-refractivity contribution is 0.101. The highest BCUT2D eigenvalue weighted by Gasteiger charge is 2.24. The Labute approximate surface area is 387 Å². The normalized spacial score (nSPS) is 17.3. The molecular weight excluding hydrogens is 955 g/mol. The molecule has 0 unspecified atom stereocenters. The molecule has 4 heterocycles. The van der Waals surface area contributed by atoms with Crippen LogP contribution < -0.4 is 25.4 Å². The van der Waals surface area contributed by atoms with Gasteiger partial charge in [-0.25, -0.2) is 16.8 Å². The van der Waals surface area contributed by atoms with Gasteiger partial charge in [-0.2, -0.15) is 0 Å². The molecule has 0 atom stereocenters. The highest BCUT2D eigenvalue weighted by atomic mass is 79.9. The van der Waals surface area contributed by atoms with Gasteiger partial charge in [0.25, 0.3) is 11.8 Å². The van der Waals surface area contributed by atoms with Crippen LogP contribution in [0, 0.1) is 0 Å². The maximum atomic E-state index is 12.9. The van der Waals surface area contributed by atoms with Crippen LogP contribution in [0.2, 0.25) is 10.0 Å². The van der Waals surface area contributed by atoms with Crippen molar-refractivity contribution >= 4 is 94.1 Å². The van der Waals surface area contributed by atoms with E-state index in [2.05, 4.69) is 60.7 Å². The van der Waals surface area contributed by atoms with E-state index >= 15 is 0 Å². The summed E-state index contributed by atoms with van der Waals surface area (Å²) in [6, 6.07) is 19.2. The van der Waals surface area contributed by atoms with Crippen molar-refractivity contribution in [3.05, 3.63) is 116 Å². The molecule has 2 amide bonds. The number of sulfone groups is 2. The van der Waals surface area contributed by atoms with Crippen LogP contribution in [-0.2, 0) is 19.7 Å². The highest BCUT2D eigenvalue weighted by Crippen LogP contribution is 2.32. The summed E-state index contributed by atoms with van der Waals surface area (Å²) in [5.74, 6) is -0.0148. The zero-order valence-electron chi connectivity index (χ0n) is 34.8. The van der Waals surface area contributed by atoms with Gasteiger partial charge >= 0.3 is 0 Å². The molecule has 0 bridgehead atoms. The molecule has 0 spiro atoms. The van der Waals surface area contributed by atoms with Crippen LogP contribution >= 0.6 is 39.1 Å². The predicted octanol–water partition coefficient (Wildman–Crippen LogP) is 6.62. The van der Waals surface area contributed by atoms with E-state index < -0.39 is 31.5 Å². The number of ether oxygens (including phenoxy) is 2. The third-order valence-electron chi connectivity index (χ3n) is 10.3. The van der Waals surface area contributed by atoms with Gasteiger partial charge in [0.15, 0.2) is 0 Å². The maximum absolute atomic E-state index is 12.9. The second-order valence-corrected chi connectivity index (χ2v) is 20.2. The molecule has 63 heavy (non-hydrogen) atoms. The molecule has 0 saturated carbocycles. The second-order valence-electron chi connectivity index (χ2n) is 15.0. The van der Waals surface area contributed by atoms with E-state index in [1.54, 1.807) is 60.7 Å². The first-order valence-electron chi connectivity index (χ1n) is 20.1. The molecule has 4 aliphatic heterocycles. The minimum absolute atomic E-state index is 0.173. The highest BCUT2D eigenvalue weighted by molar-refractivity contribution is 9.09. The Hall–Kier alpha value is -4.30. The molecule has 2 fully saturated rings. The van der Waals surface area contributed by atoms with E-state index in [-0.39, 0.29) is 15.4 Å². The standard InChI is InChI=1S/C22H24ClN3O4S.C17H13BrClNO4S.C5H12N2/c1-25-7-9-26(10-8-25)11-12-30-20-5-3-17(23)14-19(20)22(27)24-18-4-2-16-6-13-31(28,29)21(16)15-18;18-6-7-24-15-4-2-12(19)9-14(15)17(21)20-13-3-1-11-5-8-25(22,23)16(11)10-13;1-7-4-2-6-3-5-7/h2-6,13-15H,7-12H2,1H3,(H,24,27);1-5,8-10H,6-7H2,(H,20,21);6H,2-5H2,1H3. The van der Waals surface area contributed by atoms with Crippen LogP contribution in [-0.4, -0.2) is 135 Å². The topological polar surface area (TPSA) is 167 Å². The Bertz CT molecular complexity index is 2580. The molecule has 19 heteroatoms. The molecule has 2 saturated heterocycles. The van der Waals surface area contributed by atoms with E-state index in [9.17, 15) is 26.4 Å². The Kier molecular flexibility index (Phi) is 16.9. The molecule has 3 N–H and O–H groups in total. The summed E-state index contributed by atoms with van der Waals surface area (Å²) in [4.78, 5) is 32.8. The van der Waals surface area contributed by atoms with Gasteiger partial charge in [0.1, 0.15) is 18.1 Å². The van der Waals surface area contributed by atoms with E-state index in [0.29, 0.717) is 68.2 Å². The molecule has 8 rings (SSSR count). The van der Waals surface area contributed by atoms with Crippen molar-refractivity contribution in [2.24, 2.45) is 0 Å². The number of anilines is 2. The van der Waals surface area contributed by atoms with Crippen LogP contribution in [0.25, 0.3) is 12.2 Å². The summed E-state index contributed by atoms with van der Waals surface area (Å²) < 4.78 is 59.5. The number of fused-ring (bicyclic) bond motifs is 2. The van der Waals surface area contributed by atoms with Crippen molar-refractivity contribution in [2.45, 2.75) is 9.79 Å². The lowest BCUT2D eigenvalue weighted by Crippen LogP contribution is -2.45. The Morgan fingerprint density at radius 2 is 1.11 bits per heavy atom. The average Bonchev–Trinajstić information content (AvgIpc) is 3.74. The van der Waals surface area contributed by atoms with Gasteiger partial charge < -0.3 is 35.2 Å². The first kappa shape index (κ1) is 48.2. The minimum atomic E-state index is -3.45. The fraction of sp³-hybridized carbons (Fsp3) is 0.318. The lowest BCUT2D eigenvalue weighted by atomic mass is 10.1. The van der Waals surface area contributed by atoms with E-state index in [0.717, 1.165) is 56.6 Å². The van der Waals surface area contributed by atoms with E-state index in [1.165, 1.54) is 37.4 Å². The van der Waals surface area contributed by atoms with E-state index in [4.69, 9.17) is 32.7 Å². The number of hydrogen-bond donors (Lipinski definition) is 3. The molecule has 4 aromatic carbocycles. The van der Waals surface area contributed by atoms with Crippen LogP contribution in [0.15, 0.2) is 93.4 Å². The number of nitrogens with one attached hydrogen (secondary N) is 3. The van der Waals surface area contributed by atoms with Crippen molar-refractivity contribution in [2.75, 3.05) is 102 Å². The van der Waals surface area contributed by atoms with E-state index in [1.807, 2.05) is 0 Å². The number of piperazine rings is 2. The van der Waals surface area contributed by atoms with Crippen LogP contribution in [0.3, 0.4) is 0 Å². The molecule has 4 aliphatic rings. The summed E-state index contributed by atoms with van der Waals surface area (Å²) >= 11 is 15.4. The number of nitrogens with zero attached hydrogens (tertiary/aromatic N) is 3. The number of carbonyl (C=O) groups is 2. The maximum Gasteiger partial charge on any atom is 0.259 e. The van der Waals surface area contributed by atoms with Gasteiger partial charge in [0.05, 0.1) is 27.5 Å². The first-order valence-corrected chi connectivity index (χ1v) is 25.1. The fourth-order valence-corrected chi connectivity index (χ4v) is 9.72. The van der Waals surface area contributed by atoms with Crippen molar-refractivity contribution in [3.63, 3.8) is 0 Å². The third-order valence-corrected chi connectivity index (χ3v) is 14.0. The number of alkyl halides is 1. The largest absolute Gasteiger partial charge is 0.492 e. The lowest BCUT2D eigenvalue weighted by Gasteiger charge is -2.32. The molecule has 0 radical (unpaired) electrons. The summed E-state index contributed by atoms with van der Waals surface area (Å²) in [5.41, 5.74) is 2.54. The molecule has 4 aromatic rings. The Morgan fingerprint density at radius 3 is 1.56 bits per heavy atom. The number of halogens is 3. The van der Waals surface area contributed by atoms with Crippen molar-refractivity contribution in [1.29, 1.82) is 0 Å². The van der Waals surface area contributed by atoms with Gasteiger partial charge in [0, 0.05) is 96.5 Å². The zero-order valence-corrected chi connectivity index (χ0v) is 39.5. The van der Waals surface area contributed by atoms with Crippen molar-refractivity contribution < 1.29 is 35.9 Å². The van der Waals surface area contributed by atoms with Gasteiger partial charge in [-0.1, -0.05) is 51.3 Å². The van der Waals surface area contributed by atoms with Gasteiger partial charge in [-0.15, -0.1) is 0 Å². The molecule has 336 valence electrons. The van der Waals surface area contributed by atoms with Gasteiger partial charge in [-0.05, 0) is 98.0 Å². The SMILES string of the molecule is CN1CCN(CCOc2ccc(Cl)cc2C(=O)Nc2ccc3c(c2)S(=O)(=O)C=C3)CC1.CN1CCNCC1.O=C(Nc1ccc2c(c1)S(=O)(=O)C=C2)c1cc(Cl)ccc1OCCBr. The Balaban J connectivity index is 0.000000184. The summed E-state index contributed by atoms with van der Waals surface area (Å²) in [6.07, 6.45) is 3.07. The summed E-state index contributed by atoms with van der Waals surface area (Å²) in [7, 11) is -2.63. The number of amides is 2. The first-order chi connectivity index (χ1) is 30.1. The van der Waals surface area contributed by atoms with Crippen LogP contribution in [0.4, 0.5) is 11.4 Å². The van der Waals surface area contributed by atoms with Gasteiger partial charge in [-0.3, -0.25) is 14.5 Å². The quantitative estimate of drug-likeness (QED) is 0.138. The molecule has 0 aliphatic carbocycles. The number of benzene rings is 4. The van der Waals surface area contributed by atoms with Crippen LogP contribution in [0.1, 0.15) is 31.8 Å². The third kappa shape index (κ3) is 13.4. The number of rotatable bonds is 11. The number of hydrogen-bond acceptors (Lipinski definition) is 12. The zero-order chi connectivity index (χ0) is 45.1. The number of carbonyl (C=O) groups excluding carboxylic acids is 2. The molecule has 0 aromatic heterocycles. The Morgan fingerprint density at radius 1 is 0.651 bits per heavy atom. The minimum Gasteiger partial charge on any atom is -0.492 e. The average molecular weight is 1000 g/mol. The molecular formula is C44H49BrCl2N6O8S2. The van der Waals surface area contributed by atoms with Gasteiger partial charge in [0.2, 0.25) is 19.7 Å². The predicted molar refractivity (Wildman–Crippen MR) is 253 cm³/mol. The van der Waals surface area contributed by atoms with Crippen molar-refractivity contribution in [1.82, 2.24) is 20.0 Å². The number of likely N-dealkylation sites (N-methyl/N-ethyl adjacent to an activating group) is 2.